The molecule has 0 bridgehead atoms. The molecule has 0 aliphatic heterocycles. The zero-order valence-electron chi connectivity index (χ0n) is 11.9. The number of nitrogens with zero attached hydrogens (tertiary/aromatic N) is 3. The van der Waals surface area contributed by atoms with E-state index in [0.717, 1.165) is 18.8 Å². The first-order valence-electron chi connectivity index (χ1n) is 6.58. The second-order valence-electron chi connectivity index (χ2n) is 5.09. The number of hydrogen-bond acceptors (Lipinski definition) is 3. The van der Waals surface area contributed by atoms with Crippen LogP contribution in [-0.2, 0) is 13.1 Å². The number of imidazole rings is 1. The summed E-state index contributed by atoms with van der Waals surface area (Å²) in [5.41, 5.74) is 10.4. The topological polar surface area (TPSA) is 47.1 Å². The summed E-state index contributed by atoms with van der Waals surface area (Å²) in [5, 5.41) is 0. The van der Waals surface area contributed by atoms with E-state index in [9.17, 15) is 0 Å². The molecule has 19 heavy (non-hydrogen) atoms. The summed E-state index contributed by atoms with van der Waals surface area (Å²) in [5.74, 6) is 0. The van der Waals surface area contributed by atoms with Crippen LogP contribution in [0.4, 0.5) is 5.69 Å². The summed E-state index contributed by atoms with van der Waals surface area (Å²) in [4.78, 5) is 6.63. The van der Waals surface area contributed by atoms with Gasteiger partial charge in [0.25, 0.3) is 0 Å². The molecule has 0 radical (unpaired) electrons. The molecule has 102 valence electrons. The van der Waals surface area contributed by atoms with Crippen LogP contribution in [0.1, 0.15) is 16.8 Å². The van der Waals surface area contributed by atoms with Crippen molar-refractivity contribution in [2.24, 2.45) is 5.73 Å². The van der Waals surface area contributed by atoms with E-state index in [-0.39, 0.29) is 0 Å². The number of hydrogen-bond donors (Lipinski definition) is 1. The fraction of sp³-hybridized carbons (Fsp3) is 0.400. The first kappa shape index (κ1) is 13.6. The van der Waals surface area contributed by atoms with E-state index >= 15 is 0 Å². The summed E-state index contributed by atoms with van der Waals surface area (Å²) < 4.78 is 2.03. The first-order valence-corrected chi connectivity index (χ1v) is 6.58. The Balaban J connectivity index is 2.08. The predicted molar refractivity (Wildman–Crippen MR) is 79.3 cm³/mol. The minimum absolute atomic E-state index is 0.642. The van der Waals surface area contributed by atoms with Crippen LogP contribution in [0.5, 0.6) is 0 Å². The maximum absolute atomic E-state index is 5.54. The fourth-order valence-corrected chi connectivity index (χ4v) is 2.26. The van der Waals surface area contributed by atoms with Crippen molar-refractivity contribution in [2.75, 3.05) is 18.5 Å². The Morgan fingerprint density at radius 2 is 1.89 bits per heavy atom. The highest BCUT2D eigenvalue weighted by atomic mass is 15.1. The molecule has 1 heterocycles. The molecule has 4 nitrogen and oxygen atoms in total. The molecule has 0 aliphatic rings. The highest BCUT2D eigenvalue weighted by Gasteiger charge is 2.06. The van der Waals surface area contributed by atoms with Gasteiger partial charge in [-0.2, -0.15) is 0 Å². The third kappa shape index (κ3) is 3.58. The number of nitrogens with two attached hydrogens (primary N) is 1. The van der Waals surface area contributed by atoms with E-state index in [2.05, 4.69) is 55.2 Å². The number of anilines is 1. The summed E-state index contributed by atoms with van der Waals surface area (Å²) in [6.45, 7) is 6.52. The maximum Gasteiger partial charge on any atom is 0.0950 e. The van der Waals surface area contributed by atoms with Gasteiger partial charge in [-0.3, -0.25) is 0 Å². The van der Waals surface area contributed by atoms with Gasteiger partial charge in [-0.1, -0.05) is 6.07 Å². The van der Waals surface area contributed by atoms with Crippen LogP contribution in [0, 0.1) is 13.8 Å². The average molecular weight is 258 g/mol. The van der Waals surface area contributed by atoms with Crippen molar-refractivity contribution in [3.05, 3.63) is 47.5 Å². The number of rotatable bonds is 5. The third-order valence-corrected chi connectivity index (χ3v) is 3.12. The van der Waals surface area contributed by atoms with Gasteiger partial charge in [0, 0.05) is 32.0 Å². The Bertz CT molecular complexity index is 525. The standard InChI is InChI=1S/C15H22N4/c1-12-6-13(2)8-15(7-12)18(3)9-14-10-19(5-4-16)11-17-14/h6-8,10-11H,4-5,9,16H2,1-3H3. The van der Waals surface area contributed by atoms with Crippen LogP contribution in [0.15, 0.2) is 30.7 Å². The molecule has 0 saturated heterocycles. The van der Waals surface area contributed by atoms with E-state index in [1.807, 2.05) is 10.9 Å². The van der Waals surface area contributed by atoms with Crippen LogP contribution in [-0.4, -0.2) is 23.1 Å². The molecule has 0 unspecified atom stereocenters. The van der Waals surface area contributed by atoms with Crippen LogP contribution >= 0.6 is 0 Å². The zero-order chi connectivity index (χ0) is 13.8. The lowest BCUT2D eigenvalue weighted by atomic mass is 10.1. The number of aromatic nitrogens is 2. The molecule has 0 fully saturated rings. The molecular formula is C15H22N4. The van der Waals surface area contributed by atoms with Crippen molar-refractivity contribution in [1.82, 2.24) is 9.55 Å². The van der Waals surface area contributed by atoms with Crippen LogP contribution in [0.25, 0.3) is 0 Å². The molecule has 2 N–H and O–H groups in total. The minimum atomic E-state index is 0.642. The molecule has 0 amide bonds. The van der Waals surface area contributed by atoms with Crippen molar-refractivity contribution in [3.63, 3.8) is 0 Å². The van der Waals surface area contributed by atoms with Crippen molar-refractivity contribution >= 4 is 5.69 Å². The van der Waals surface area contributed by atoms with Crippen LogP contribution in [0.3, 0.4) is 0 Å². The highest BCUT2D eigenvalue weighted by Crippen LogP contribution is 2.19. The number of aryl methyl sites for hydroxylation is 2. The van der Waals surface area contributed by atoms with Crippen LogP contribution in [0.2, 0.25) is 0 Å². The molecule has 2 aromatic rings. The van der Waals surface area contributed by atoms with Crippen molar-refractivity contribution in [1.29, 1.82) is 0 Å². The van der Waals surface area contributed by atoms with Crippen molar-refractivity contribution in [3.8, 4) is 0 Å². The number of benzene rings is 1. The van der Waals surface area contributed by atoms with E-state index in [4.69, 9.17) is 5.73 Å². The Morgan fingerprint density at radius 1 is 1.21 bits per heavy atom. The highest BCUT2D eigenvalue weighted by molar-refractivity contribution is 5.50. The Morgan fingerprint density at radius 3 is 2.53 bits per heavy atom. The largest absolute Gasteiger partial charge is 0.369 e. The molecule has 0 aliphatic carbocycles. The SMILES string of the molecule is Cc1cc(C)cc(N(C)Cc2cn(CCN)cn2)c1. The van der Waals surface area contributed by atoms with Gasteiger partial charge in [-0.25, -0.2) is 4.98 Å². The molecule has 1 aromatic heterocycles. The van der Waals surface area contributed by atoms with Crippen molar-refractivity contribution in [2.45, 2.75) is 26.9 Å². The second kappa shape index (κ2) is 5.89. The molecule has 1 aromatic carbocycles. The Kier molecular flexibility index (Phi) is 4.22. The van der Waals surface area contributed by atoms with Gasteiger partial charge in [0.1, 0.15) is 0 Å². The van der Waals surface area contributed by atoms with E-state index in [0.29, 0.717) is 6.54 Å². The lowest BCUT2D eigenvalue weighted by Gasteiger charge is -2.19. The molecule has 2 rings (SSSR count). The molecule has 0 saturated carbocycles. The molecule has 0 atom stereocenters. The first-order chi connectivity index (χ1) is 9.08. The van der Waals surface area contributed by atoms with Gasteiger partial charge in [0.2, 0.25) is 0 Å². The molecular weight excluding hydrogens is 236 g/mol. The lowest BCUT2D eigenvalue weighted by Crippen LogP contribution is -2.17. The fourth-order valence-electron chi connectivity index (χ4n) is 2.26. The third-order valence-electron chi connectivity index (χ3n) is 3.12. The summed E-state index contributed by atoms with van der Waals surface area (Å²) >= 11 is 0. The smallest absolute Gasteiger partial charge is 0.0950 e. The van der Waals surface area contributed by atoms with Gasteiger partial charge in [0.15, 0.2) is 0 Å². The predicted octanol–water partition coefficient (Wildman–Crippen LogP) is 2.10. The quantitative estimate of drug-likeness (QED) is 0.893. The Hall–Kier alpha value is -1.81. The van der Waals surface area contributed by atoms with Crippen molar-refractivity contribution < 1.29 is 0 Å². The zero-order valence-corrected chi connectivity index (χ0v) is 11.9. The minimum Gasteiger partial charge on any atom is -0.369 e. The van der Waals surface area contributed by atoms with E-state index in [1.165, 1.54) is 16.8 Å². The molecule has 0 spiro atoms. The summed E-state index contributed by atoms with van der Waals surface area (Å²) in [7, 11) is 2.09. The van der Waals surface area contributed by atoms with E-state index in [1.54, 1.807) is 0 Å². The van der Waals surface area contributed by atoms with Gasteiger partial charge >= 0.3 is 0 Å². The van der Waals surface area contributed by atoms with Gasteiger partial charge in [0.05, 0.1) is 18.6 Å². The van der Waals surface area contributed by atoms with E-state index < -0.39 is 0 Å². The summed E-state index contributed by atoms with van der Waals surface area (Å²) in [6, 6.07) is 6.58. The van der Waals surface area contributed by atoms with Gasteiger partial charge in [-0.05, 0) is 37.1 Å². The Labute approximate surface area is 114 Å². The molecule has 4 heteroatoms. The average Bonchev–Trinajstić information content (AvgIpc) is 2.76. The summed E-state index contributed by atoms with van der Waals surface area (Å²) in [6.07, 6.45) is 3.91. The maximum atomic E-state index is 5.54. The lowest BCUT2D eigenvalue weighted by molar-refractivity contribution is 0.706. The normalized spacial score (nSPS) is 10.7. The van der Waals surface area contributed by atoms with Gasteiger partial charge < -0.3 is 15.2 Å². The second-order valence-corrected chi connectivity index (χ2v) is 5.09. The van der Waals surface area contributed by atoms with Gasteiger partial charge in [-0.15, -0.1) is 0 Å². The monoisotopic (exact) mass is 258 g/mol. The van der Waals surface area contributed by atoms with Crippen LogP contribution < -0.4 is 10.6 Å².